The first kappa shape index (κ1) is 24.6. The van der Waals surface area contributed by atoms with Crippen LogP contribution in [-0.2, 0) is 16.0 Å². The lowest BCUT2D eigenvalue weighted by Gasteiger charge is -2.35. The maximum atomic E-state index is 13.0. The van der Waals surface area contributed by atoms with Gasteiger partial charge < -0.3 is 10.2 Å². The van der Waals surface area contributed by atoms with Gasteiger partial charge in [-0.25, -0.2) is 0 Å². The zero-order valence-electron chi connectivity index (χ0n) is 20.0. The normalized spacial score (nSPS) is 21.2. The molecular formula is C28H35N3O2S. The number of piperazine rings is 1. The Morgan fingerprint density at radius 3 is 2.44 bits per heavy atom. The molecule has 0 bridgehead atoms. The van der Waals surface area contributed by atoms with E-state index >= 15 is 0 Å². The first-order chi connectivity index (χ1) is 16.5. The van der Waals surface area contributed by atoms with Gasteiger partial charge in [0.25, 0.3) is 0 Å². The van der Waals surface area contributed by atoms with E-state index in [-0.39, 0.29) is 17.4 Å². The summed E-state index contributed by atoms with van der Waals surface area (Å²) in [4.78, 5) is 30.7. The van der Waals surface area contributed by atoms with Crippen molar-refractivity contribution in [3.63, 3.8) is 0 Å². The Balaban J connectivity index is 1.25. The fourth-order valence-electron chi connectivity index (χ4n) is 4.90. The Morgan fingerprint density at radius 2 is 1.79 bits per heavy atom. The molecule has 4 rings (SSSR count). The lowest BCUT2D eigenvalue weighted by Crippen LogP contribution is -2.49. The van der Waals surface area contributed by atoms with Gasteiger partial charge in [-0.2, -0.15) is 0 Å². The largest absolute Gasteiger partial charge is 0.350 e. The Bertz CT molecular complexity index is 984. The Morgan fingerprint density at radius 1 is 1.06 bits per heavy atom. The zero-order chi connectivity index (χ0) is 23.8. The monoisotopic (exact) mass is 477 g/mol. The number of nitrogens with one attached hydrogen (secondary N) is 1. The zero-order valence-corrected chi connectivity index (χ0v) is 20.9. The average molecular weight is 478 g/mol. The van der Waals surface area contributed by atoms with Crippen molar-refractivity contribution in [3.8, 4) is 0 Å². The summed E-state index contributed by atoms with van der Waals surface area (Å²) >= 11 is 1.73. The fourth-order valence-corrected chi connectivity index (χ4v) is 5.31. The molecule has 34 heavy (non-hydrogen) atoms. The molecule has 0 aliphatic carbocycles. The van der Waals surface area contributed by atoms with Gasteiger partial charge in [0.1, 0.15) is 0 Å². The molecule has 2 heterocycles. The molecule has 1 atom stereocenters. The van der Waals surface area contributed by atoms with Gasteiger partial charge in [0.15, 0.2) is 0 Å². The third-order valence-electron chi connectivity index (χ3n) is 6.95. The number of thioether (sulfide) groups is 1. The van der Waals surface area contributed by atoms with Crippen LogP contribution in [0.2, 0.25) is 0 Å². The summed E-state index contributed by atoms with van der Waals surface area (Å²) in [7, 11) is 0. The van der Waals surface area contributed by atoms with Gasteiger partial charge in [-0.3, -0.25) is 14.5 Å². The molecule has 5 nitrogen and oxygen atoms in total. The van der Waals surface area contributed by atoms with Crippen molar-refractivity contribution in [1.82, 2.24) is 15.1 Å². The number of hydrogen-bond donors (Lipinski definition) is 1. The summed E-state index contributed by atoms with van der Waals surface area (Å²) in [5, 5.41) is 3.22. The third kappa shape index (κ3) is 6.73. The molecule has 2 aliphatic heterocycles. The molecule has 1 N–H and O–H groups in total. The predicted molar refractivity (Wildman–Crippen MR) is 140 cm³/mol. The van der Waals surface area contributed by atoms with E-state index in [0.29, 0.717) is 19.3 Å². The summed E-state index contributed by atoms with van der Waals surface area (Å²) < 4.78 is 0. The van der Waals surface area contributed by atoms with Crippen LogP contribution in [0.25, 0.3) is 6.08 Å². The number of amides is 2. The van der Waals surface area contributed by atoms with E-state index in [4.69, 9.17) is 0 Å². The lowest BCUT2D eigenvalue weighted by molar-refractivity contribution is -0.133. The number of carbonyl (C=O) groups is 2. The highest BCUT2D eigenvalue weighted by Gasteiger charge is 2.38. The Hall–Kier alpha value is -2.57. The molecule has 2 aliphatic rings. The Kier molecular flexibility index (Phi) is 8.46. The molecule has 6 heteroatoms. The van der Waals surface area contributed by atoms with Crippen molar-refractivity contribution >= 4 is 29.7 Å². The molecule has 0 saturated carbocycles. The minimum atomic E-state index is -0.308. The van der Waals surface area contributed by atoms with Crippen LogP contribution in [-0.4, -0.2) is 66.1 Å². The molecule has 2 amide bonds. The SMILES string of the molecule is CSc1ccc(C[C@@]2(CCC(=O)N3CCN(C/C=C/c4ccccc4)CC3)CCC(=O)N2)cc1. The summed E-state index contributed by atoms with van der Waals surface area (Å²) in [6.45, 7) is 4.24. The van der Waals surface area contributed by atoms with E-state index in [0.717, 1.165) is 45.6 Å². The van der Waals surface area contributed by atoms with Crippen molar-refractivity contribution in [3.05, 3.63) is 71.8 Å². The predicted octanol–water partition coefficient (Wildman–Crippen LogP) is 4.24. The standard InChI is InChI=1S/C28H35N3O2S/c1-34-25-11-9-24(10-12-25)22-28(15-13-26(32)29-28)16-14-27(33)31-20-18-30(19-21-31)17-5-8-23-6-3-2-4-7-23/h2-12H,13-22H2,1H3,(H,29,32)/b8-5+/t28-/m0/s1. The highest BCUT2D eigenvalue weighted by molar-refractivity contribution is 7.98. The van der Waals surface area contributed by atoms with Gasteiger partial charge in [0.2, 0.25) is 11.8 Å². The number of nitrogens with zero attached hydrogens (tertiary/aromatic N) is 2. The summed E-state index contributed by atoms with van der Waals surface area (Å²) in [5.41, 5.74) is 2.12. The van der Waals surface area contributed by atoms with Crippen LogP contribution >= 0.6 is 11.8 Å². The smallest absolute Gasteiger partial charge is 0.222 e. The van der Waals surface area contributed by atoms with E-state index in [1.54, 1.807) is 11.8 Å². The maximum Gasteiger partial charge on any atom is 0.222 e. The summed E-state index contributed by atoms with van der Waals surface area (Å²) in [5.74, 6) is 0.308. The van der Waals surface area contributed by atoms with Crippen molar-refractivity contribution in [1.29, 1.82) is 0 Å². The quantitative estimate of drug-likeness (QED) is 0.549. The van der Waals surface area contributed by atoms with Gasteiger partial charge in [0, 0.05) is 56.0 Å². The van der Waals surface area contributed by atoms with Crippen molar-refractivity contribution in [2.24, 2.45) is 0 Å². The first-order valence-electron chi connectivity index (χ1n) is 12.2. The second kappa shape index (κ2) is 11.7. The van der Waals surface area contributed by atoms with Crippen LogP contribution < -0.4 is 5.32 Å². The fraction of sp³-hybridized carbons (Fsp3) is 0.429. The van der Waals surface area contributed by atoms with Crippen LogP contribution in [0.1, 0.15) is 36.8 Å². The maximum absolute atomic E-state index is 13.0. The van der Waals surface area contributed by atoms with E-state index in [9.17, 15) is 9.59 Å². The van der Waals surface area contributed by atoms with Crippen molar-refractivity contribution in [2.45, 2.75) is 42.5 Å². The first-order valence-corrected chi connectivity index (χ1v) is 13.4. The highest BCUT2D eigenvalue weighted by atomic mass is 32.2. The van der Waals surface area contributed by atoms with Gasteiger partial charge in [-0.1, -0.05) is 54.6 Å². The Labute approximate surface area is 207 Å². The molecule has 2 fully saturated rings. The van der Waals surface area contributed by atoms with Gasteiger partial charge >= 0.3 is 0 Å². The minimum absolute atomic E-state index is 0.102. The molecule has 0 unspecified atom stereocenters. The summed E-state index contributed by atoms with van der Waals surface area (Å²) in [6, 6.07) is 18.9. The van der Waals surface area contributed by atoms with Crippen LogP contribution in [0, 0.1) is 0 Å². The van der Waals surface area contributed by atoms with Crippen LogP contribution in [0.15, 0.2) is 65.6 Å². The minimum Gasteiger partial charge on any atom is -0.350 e. The molecule has 180 valence electrons. The number of rotatable bonds is 9. The van der Waals surface area contributed by atoms with Crippen molar-refractivity contribution < 1.29 is 9.59 Å². The molecular weight excluding hydrogens is 442 g/mol. The average Bonchev–Trinajstić information content (AvgIpc) is 3.24. The number of benzene rings is 2. The van der Waals surface area contributed by atoms with E-state index in [1.807, 2.05) is 23.1 Å². The van der Waals surface area contributed by atoms with Crippen LogP contribution in [0.5, 0.6) is 0 Å². The summed E-state index contributed by atoms with van der Waals surface area (Å²) in [6.07, 6.45) is 9.73. The lowest BCUT2D eigenvalue weighted by atomic mass is 9.85. The van der Waals surface area contributed by atoms with Crippen LogP contribution in [0.3, 0.4) is 0 Å². The van der Waals surface area contributed by atoms with E-state index in [2.05, 4.69) is 65.0 Å². The second-order valence-electron chi connectivity index (χ2n) is 9.35. The topological polar surface area (TPSA) is 52.7 Å². The van der Waals surface area contributed by atoms with E-state index < -0.39 is 0 Å². The number of hydrogen-bond acceptors (Lipinski definition) is 4. The van der Waals surface area contributed by atoms with Crippen molar-refractivity contribution in [2.75, 3.05) is 39.0 Å². The molecule has 0 aromatic heterocycles. The number of carbonyl (C=O) groups excluding carboxylic acids is 2. The molecule has 0 radical (unpaired) electrons. The molecule has 2 aromatic carbocycles. The van der Waals surface area contributed by atoms with Gasteiger partial charge in [-0.15, -0.1) is 11.8 Å². The second-order valence-corrected chi connectivity index (χ2v) is 10.2. The molecule has 0 spiro atoms. The molecule has 2 aromatic rings. The van der Waals surface area contributed by atoms with E-state index in [1.165, 1.54) is 16.0 Å². The highest BCUT2D eigenvalue weighted by Crippen LogP contribution is 2.30. The molecule has 2 saturated heterocycles. The third-order valence-corrected chi connectivity index (χ3v) is 7.70. The van der Waals surface area contributed by atoms with Gasteiger partial charge in [-0.05, 0) is 48.8 Å². The van der Waals surface area contributed by atoms with Crippen LogP contribution in [0.4, 0.5) is 0 Å². The van der Waals surface area contributed by atoms with Gasteiger partial charge in [0.05, 0.1) is 0 Å².